The van der Waals surface area contributed by atoms with E-state index in [0.717, 1.165) is 25.7 Å². The van der Waals surface area contributed by atoms with Gasteiger partial charge in [0.05, 0.1) is 0 Å². The van der Waals surface area contributed by atoms with E-state index in [9.17, 15) is 13.2 Å². The zero-order valence-corrected chi connectivity index (χ0v) is 14.8. The lowest BCUT2D eigenvalue weighted by molar-refractivity contribution is -0.131. The van der Waals surface area contributed by atoms with Crippen LogP contribution in [0.15, 0.2) is 9.42 Å². The number of carbonyl (C=O) groups is 1. The fraction of sp³-hybridized carbons (Fsp3) is 0.733. The second-order valence-corrected chi connectivity index (χ2v) is 7.76. The van der Waals surface area contributed by atoms with Crippen molar-refractivity contribution in [1.82, 2.24) is 14.8 Å². The summed E-state index contributed by atoms with van der Waals surface area (Å²) in [6, 6.07) is 0.227. The van der Waals surface area contributed by atoms with Crippen molar-refractivity contribution in [2.24, 2.45) is 0 Å². The summed E-state index contributed by atoms with van der Waals surface area (Å²) in [6.07, 6.45) is 5.45. The number of carbonyl (C=O) groups excluding carboxylic acids is 1. The third-order valence-corrected chi connectivity index (χ3v) is 6.01. The predicted octanol–water partition coefficient (Wildman–Crippen LogP) is 1.75. The highest BCUT2D eigenvalue weighted by Crippen LogP contribution is 2.23. The molecular formula is C15H25N3O4S. The molecular weight excluding hydrogens is 318 g/mol. The normalized spacial score (nSPS) is 16.5. The maximum absolute atomic E-state index is 12.3. The average Bonchev–Trinajstić information content (AvgIpc) is 2.84. The van der Waals surface area contributed by atoms with Crippen molar-refractivity contribution in [3.63, 3.8) is 0 Å². The van der Waals surface area contributed by atoms with Gasteiger partial charge in [-0.2, -0.15) is 0 Å². The number of aromatic nitrogens is 1. The van der Waals surface area contributed by atoms with E-state index < -0.39 is 10.0 Å². The molecule has 1 amide bonds. The van der Waals surface area contributed by atoms with Gasteiger partial charge in [0.15, 0.2) is 5.76 Å². The number of nitrogens with zero attached hydrogens (tertiary/aromatic N) is 2. The van der Waals surface area contributed by atoms with Gasteiger partial charge in [0.1, 0.15) is 10.6 Å². The van der Waals surface area contributed by atoms with Crippen LogP contribution in [0, 0.1) is 13.8 Å². The van der Waals surface area contributed by atoms with Gasteiger partial charge >= 0.3 is 0 Å². The summed E-state index contributed by atoms with van der Waals surface area (Å²) in [4.78, 5) is 13.7. The van der Waals surface area contributed by atoms with Crippen molar-refractivity contribution in [3.05, 3.63) is 11.5 Å². The van der Waals surface area contributed by atoms with Gasteiger partial charge in [-0.05, 0) is 26.7 Å². The van der Waals surface area contributed by atoms with E-state index in [4.69, 9.17) is 4.52 Å². The minimum absolute atomic E-state index is 0.00608. The fourth-order valence-corrected chi connectivity index (χ4v) is 4.57. The van der Waals surface area contributed by atoms with Crippen LogP contribution in [0.25, 0.3) is 0 Å². The molecule has 1 aromatic rings. The Balaban J connectivity index is 1.98. The number of sulfonamides is 1. The van der Waals surface area contributed by atoms with Crippen LogP contribution in [0.3, 0.4) is 0 Å². The Labute approximate surface area is 137 Å². The molecule has 0 atom stereocenters. The van der Waals surface area contributed by atoms with Gasteiger partial charge < -0.3 is 9.42 Å². The minimum Gasteiger partial charge on any atom is -0.360 e. The molecule has 1 aromatic heterocycles. The highest BCUT2D eigenvalue weighted by Gasteiger charge is 2.26. The van der Waals surface area contributed by atoms with Crippen LogP contribution in [0.5, 0.6) is 0 Å². The fourth-order valence-electron chi connectivity index (χ4n) is 3.22. The lowest BCUT2D eigenvalue weighted by atomic mass is 9.94. The van der Waals surface area contributed by atoms with E-state index in [1.54, 1.807) is 18.7 Å². The largest absolute Gasteiger partial charge is 0.360 e. The summed E-state index contributed by atoms with van der Waals surface area (Å²) in [5.74, 6) is 0.263. The molecule has 0 aliphatic heterocycles. The molecule has 1 fully saturated rings. The second kappa shape index (κ2) is 7.44. The molecule has 2 rings (SSSR count). The number of hydrogen-bond acceptors (Lipinski definition) is 5. The Bertz CT molecular complexity index is 628. The van der Waals surface area contributed by atoms with Crippen molar-refractivity contribution in [1.29, 1.82) is 0 Å². The molecule has 0 spiro atoms. The Hall–Kier alpha value is -1.41. The first-order valence-corrected chi connectivity index (χ1v) is 9.51. The zero-order valence-electron chi connectivity index (χ0n) is 14.0. The van der Waals surface area contributed by atoms with Crippen molar-refractivity contribution in [2.75, 3.05) is 13.1 Å². The zero-order chi connectivity index (χ0) is 17.0. The van der Waals surface area contributed by atoms with Gasteiger partial charge in [-0.25, -0.2) is 13.1 Å². The van der Waals surface area contributed by atoms with Crippen LogP contribution < -0.4 is 4.72 Å². The maximum Gasteiger partial charge on any atom is 0.246 e. The van der Waals surface area contributed by atoms with Gasteiger partial charge in [0.25, 0.3) is 0 Å². The summed E-state index contributed by atoms with van der Waals surface area (Å²) >= 11 is 0. The summed E-state index contributed by atoms with van der Waals surface area (Å²) in [5, 5.41) is 3.67. The van der Waals surface area contributed by atoms with Gasteiger partial charge in [-0.1, -0.05) is 24.4 Å². The molecule has 0 bridgehead atoms. The highest BCUT2D eigenvalue weighted by molar-refractivity contribution is 7.89. The molecule has 1 saturated carbocycles. The van der Waals surface area contributed by atoms with Crippen LogP contribution >= 0.6 is 0 Å². The summed E-state index contributed by atoms with van der Waals surface area (Å²) in [6.45, 7) is 5.26. The van der Waals surface area contributed by atoms with Crippen LogP contribution in [0.4, 0.5) is 0 Å². The molecule has 0 saturated heterocycles. The van der Waals surface area contributed by atoms with E-state index >= 15 is 0 Å². The Morgan fingerprint density at radius 1 is 1.30 bits per heavy atom. The first-order chi connectivity index (χ1) is 10.8. The van der Waals surface area contributed by atoms with Crippen LogP contribution in [-0.4, -0.2) is 43.5 Å². The van der Waals surface area contributed by atoms with Gasteiger partial charge in [-0.3, -0.25) is 4.79 Å². The number of nitrogens with one attached hydrogen (secondary N) is 1. The molecule has 0 aromatic carbocycles. The van der Waals surface area contributed by atoms with Crippen LogP contribution in [0.1, 0.15) is 50.5 Å². The highest BCUT2D eigenvalue weighted by atomic mass is 32.2. The topological polar surface area (TPSA) is 92.5 Å². The van der Waals surface area contributed by atoms with E-state index in [-0.39, 0.29) is 29.1 Å². The first kappa shape index (κ1) is 17.9. The van der Waals surface area contributed by atoms with Crippen molar-refractivity contribution < 1.29 is 17.7 Å². The molecule has 1 heterocycles. The summed E-state index contributed by atoms with van der Waals surface area (Å²) < 4.78 is 32.2. The van der Waals surface area contributed by atoms with Crippen LogP contribution in [-0.2, 0) is 14.8 Å². The Kier molecular flexibility index (Phi) is 5.80. The number of hydrogen-bond donors (Lipinski definition) is 1. The third-order valence-electron chi connectivity index (χ3n) is 4.30. The van der Waals surface area contributed by atoms with Crippen molar-refractivity contribution >= 4 is 15.9 Å². The molecule has 7 nitrogen and oxygen atoms in total. The SMILES string of the molecule is CC(=O)N(CCNS(=O)(=O)c1c(C)noc1C)C1CCCCC1. The van der Waals surface area contributed by atoms with E-state index in [1.807, 2.05) is 0 Å². The second-order valence-electron chi connectivity index (χ2n) is 6.06. The molecule has 0 unspecified atom stereocenters. The Morgan fingerprint density at radius 2 is 1.96 bits per heavy atom. The van der Waals surface area contributed by atoms with E-state index in [2.05, 4.69) is 9.88 Å². The smallest absolute Gasteiger partial charge is 0.246 e. The lowest BCUT2D eigenvalue weighted by Crippen LogP contribution is -2.44. The average molecular weight is 343 g/mol. The predicted molar refractivity (Wildman–Crippen MR) is 85.4 cm³/mol. The standard InChI is InChI=1S/C15H25N3O4S/c1-11-15(12(2)22-17-11)23(20,21)16-9-10-18(13(3)19)14-7-5-4-6-8-14/h14,16H,4-10H2,1-3H3. The van der Waals surface area contributed by atoms with Gasteiger partial charge in [0.2, 0.25) is 15.9 Å². The van der Waals surface area contributed by atoms with Crippen molar-refractivity contribution in [3.8, 4) is 0 Å². The molecule has 1 N–H and O–H groups in total. The minimum atomic E-state index is -3.67. The number of aryl methyl sites for hydroxylation is 2. The molecule has 23 heavy (non-hydrogen) atoms. The van der Waals surface area contributed by atoms with Crippen molar-refractivity contribution in [2.45, 2.75) is 63.8 Å². The molecule has 1 aliphatic rings. The Morgan fingerprint density at radius 3 is 2.48 bits per heavy atom. The third kappa shape index (κ3) is 4.32. The van der Waals surface area contributed by atoms with E-state index in [0.29, 0.717) is 12.2 Å². The quantitative estimate of drug-likeness (QED) is 0.849. The molecule has 0 radical (unpaired) electrons. The molecule has 130 valence electrons. The lowest BCUT2D eigenvalue weighted by Gasteiger charge is -2.33. The molecule has 8 heteroatoms. The summed E-state index contributed by atoms with van der Waals surface area (Å²) in [7, 11) is -3.67. The van der Waals surface area contributed by atoms with Crippen LogP contribution in [0.2, 0.25) is 0 Å². The van der Waals surface area contributed by atoms with Gasteiger partial charge in [-0.15, -0.1) is 0 Å². The first-order valence-electron chi connectivity index (χ1n) is 8.02. The molecule has 1 aliphatic carbocycles. The van der Waals surface area contributed by atoms with Gasteiger partial charge in [0, 0.05) is 26.1 Å². The maximum atomic E-state index is 12.3. The monoisotopic (exact) mass is 343 g/mol. The summed E-state index contributed by atoms with van der Waals surface area (Å²) in [5.41, 5.74) is 0.339. The number of rotatable bonds is 6. The van der Waals surface area contributed by atoms with E-state index in [1.165, 1.54) is 13.3 Å². The number of amides is 1.